The maximum atomic E-state index is 12.5. The van der Waals surface area contributed by atoms with E-state index in [0.717, 1.165) is 18.9 Å². The van der Waals surface area contributed by atoms with Crippen LogP contribution in [0.2, 0.25) is 0 Å². The minimum absolute atomic E-state index is 0.00636. The van der Waals surface area contributed by atoms with Crippen LogP contribution in [0.4, 0.5) is 4.79 Å². The average molecular weight is 320 g/mol. The zero-order chi connectivity index (χ0) is 16.4. The Morgan fingerprint density at radius 1 is 1.43 bits per heavy atom. The van der Waals surface area contributed by atoms with Gasteiger partial charge < -0.3 is 20.1 Å². The van der Waals surface area contributed by atoms with Crippen molar-refractivity contribution in [3.63, 3.8) is 0 Å². The molecule has 2 atom stereocenters. The highest BCUT2D eigenvalue weighted by atomic mass is 16.2. The molecule has 0 spiro atoms. The van der Waals surface area contributed by atoms with Crippen molar-refractivity contribution in [3.8, 4) is 0 Å². The first-order chi connectivity index (χ1) is 11.1. The van der Waals surface area contributed by atoms with Crippen LogP contribution >= 0.6 is 0 Å². The van der Waals surface area contributed by atoms with Crippen molar-refractivity contribution in [2.45, 2.75) is 25.4 Å². The molecule has 0 bridgehead atoms. The summed E-state index contributed by atoms with van der Waals surface area (Å²) in [7, 11) is 1.77. The molecule has 23 heavy (non-hydrogen) atoms. The van der Waals surface area contributed by atoms with Crippen LogP contribution in [0.25, 0.3) is 0 Å². The highest BCUT2D eigenvalue weighted by molar-refractivity contribution is 5.88. The summed E-state index contributed by atoms with van der Waals surface area (Å²) < 4.78 is 0. The van der Waals surface area contributed by atoms with Crippen molar-refractivity contribution in [2.75, 3.05) is 39.8 Å². The van der Waals surface area contributed by atoms with Crippen LogP contribution in [0.1, 0.15) is 25.2 Å². The predicted octanol–water partition coefficient (Wildman–Crippen LogP) is 0.0286. The standard InChI is InChI=1S/C15H24N6O2/c1-3-20-8-9-21(10-12(20)13-16-5-6-17-13)15(23)18-11-4-7-19(2)14(11)22/h5-6,11-12H,3-4,7-10H2,1-2H3,(H,16,17)(H,18,23)/t11-,12-/m1/s1. The molecule has 2 aliphatic rings. The summed E-state index contributed by atoms with van der Waals surface area (Å²) in [6, 6.07) is -0.485. The van der Waals surface area contributed by atoms with Crippen molar-refractivity contribution >= 4 is 11.9 Å². The third kappa shape index (κ3) is 3.17. The molecule has 126 valence electrons. The van der Waals surface area contributed by atoms with E-state index in [4.69, 9.17) is 0 Å². The number of carbonyl (C=O) groups excluding carboxylic acids is 2. The number of rotatable bonds is 3. The van der Waals surface area contributed by atoms with Gasteiger partial charge in [-0.25, -0.2) is 9.78 Å². The maximum absolute atomic E-state index is 12.5. The van der Waals surface area contributed by atoms with Gasteiger partial charge in [-0.1, -0.05) is 6.92 Å². The molecule has 1 aromatic rings. The second kappa shape index (κ2) is 6.57. The fourth-order valence-electron chi connectivity index (χ4n) is 3.30. The predicted molar refractivity (Wildman–Crippen MR) is 84.7 cm³/mol. The Labute approximate surface area is 135 Å². The van der Waals surface area contributed by atoms with Gasteiger partial charge in [0.15, 0.2) is 0 Å². The lowest BCUT2D eigenvalue weighted by Crippen LogP contribution is -2.55. The number of nitrogens with zero attached hydrogens (tertiary/aromatic N) is 4. The van der Waals surface area contributed by atoms with E-state index in [1.165, 1.54) is 0 Å². The number of piperazine rings is 1. The summed E-state index contributed by atoms with van der Waals surface area (Å²) in [5, 5.41) is 2.87. The normalized spacial score (nSPS) is 25.9. The molecular weight excluding hydrogens is 296 g/mol. The number of hydrogen-bond acceptors (Lipinski definition) is 4. The van der Waals surface area contributed by atoms with Crippen molar-refractivity contribution in [1.82, 2.24) is 30.0 Å². The van der Waals surface area contributed by atoms with Gasteiger partial charge in [-0.05, 0) is 13.0 Å². The molecule has 0 radical (unpaired) electrons. The highest BCUT2D eigenvalue weighted by Crippen LogP contribution is 2.22. The third-order valence-corrected chi connectivity index (χ3v) is 4.74. The van der Waals surface area contributed by atoms with Gasteiger partial charge in [0.25, 0.3) is 0 Å². The first kappa shape index (κ1) is 15.8. The Bertz CT molecular complexity index is 560. The summed E-state index contributed by atoms with van der Waals surface area (Å²) in [4.78, 5) is 37.7. The van der Waals surface area contributed by atoms with E-state index >= 15 is 0 Å². The van der Waals surface area contributed by atoms with Gasteiger partial charge in [0.2, 0.25) is 5.91 Å². The lowest BCUT2D eigenvalue weighted by atomic mass is 10.1. The SMILES string of the molecule is CCN1CCN(C(=O)N[C@@H]2CCN(C)C2=O)C[C@@H]1c1ncc[nH]1. The Balaban J connectivity index is 1.64. The van der Waals surface area contributed by atoms with Gasteiger partial charge in [-0.2, -0.15) is 0 Å². The Hall–Kier alpha value is -2.09. The van der Waals surface area contributed by atoms with E-state index in [9.17, 15) is 9.59 Å². The van der Waals surface area contributed by atoms with E-state index in [0.29, 0.717) is 26.1 Å². The number of aromatic amines is 1. The Kier molecular flexibility index (Phi) is 4.51. The van der Waals surface area contributed by atoms with Crippen LogP contribution in [-0.2, 0) is 4.79 Å². The monoisotopic (exact) mass is 320 g/mol. The van der Waals surface area contributed by atoms with Crippen LogP contribution in [0.3, 0.4) is 0 Å². The van der Waals surface area contributed by atoms with Crippen molar-refractivity contribution in [2.24, 2.45) is 0 Å². The molecule has 1 aromatic heterocycles. The lowest BCUT2D eigenvalue weighted by Gasteiger charge is -2.40. The third-order valence-electron chi connectivity index (χ3n) is 4.74. The van der Waals surface area contributed by atoms with Crippen molar-refractivity contribution in [1.29, 1.82) is 0 Å². The molecule has 8 nitrogen and oxygen atoms in total. The molecule has 2 N–H and O–H groups in total. The zero-order valence-electron chi connectivity index (χ0n) is 13.7. The Morgan fingerprint density at radius 3 is 2.87 bits per heavy atom. The minimum Gasteiger partial charge on any atom is -0.347 e. The zero-order valence-corrected chi connectivity index (χ0v) is 13.7. The fourth-order valence-corrected chi connectivity index (χ4v) is 3.30. The van der Waals surface area contributed by atoms with Crippen molar-refractivity contribution in [3.05, 3.63) is 18.2 Å². The van der Waals surface area contributed by atoms with Gasteiger partial charge >= 0.3 is 6.03 Å². The molecule has 8 heteroatoms. The first-order valence-electron chi connectivity index (χ1n) is 8.14. The number of likely N-dealkylation sites (tertiary alicyclic amines) is 1. The van der Waals surface area contributed by atoms with E-state index in [-0.39, 0.29) is 18.0 Å². The molecule has 3 amide bonds. The number of imidazole rings is 1. The summed E-state index contributed by atoms with van der Waals surface area (Å²) in [6.07, 6.45) is 4.21. The number of H-pyrrole nitrogens is 1. The number of hydrogen-bond donors (Lipinski definition) is 2. The number of aromatic nitrogens is 2. The number of nitrogens with one attached hydrogen (secondary N) is 2. The number of carbonyl (C=O) groups is 2. The molecule has 0 aliphatic carbocycles. The number of likely N-dealkylation sites (N-methyl/N-ethyl adjacent to an activating group) is 2. The molecule has 0 saturated carbocycles. The van der Waals surface area contributed by atoms with E-state index in [2.05, 4.69) is 27.1 Å². The van der Waals surface area contributed by atoms with E-state index in [1.54, 1.807) is 29.2 Å². The second-order valence-corrected chi connectivity index (χ2v) is 6.12. The average Bonchev–Trinajstić information content (AvgIpc) is 3.20. The minimum atomic E-state index is -0.390. The smallest absolute Gasteiger partial charge is 0.318 e. The lowest BCUT2D eigenvalue weighted by molar-refractivity contribution is -0.128. The largest absolute Gasteiger partial charge is 0.347 e. The molecule has 2 aliphatic heterocycles. The topological polar surface area (TPSA) is 84.6 Å². The molecule has 2 fully saturated rings. The van der Waals surface area contributed by atoms with Crippen molar-refractivity contribution < 1.29 is 9.59 Å². The van der Waals surface area contributed by atoms with E-state index in [1.807, 2.05) is 0 Å². The van der Waals surface area contributed by atoms with Crippen LogP contribution in [0, 0.1) is 0 Å². The molecule has 0 aromatic carbocycles. The maximum Gasteiger partial charge on any atom is 0.318 e. The molecule has 3 heterocycles. The summed E-state index contributed by atoms with van der Waals surface area (Å²) in [6.45, 7) is 5.75. The Morgan fingerprint density at radius 2 is 2.26 bits per heavy atom. The number of urea groups is 1. The van der Waals surface area contributed by atoms with Gasteiger partial charge in [0.05, 0.1) is 6.04 Å². The molecular formula is C15H24N6O2. The van der Waals surface area contributed by atoms with Gasteiger partial charge in [-0.15, -0.1) is 0 Å². The van der Waals surface area contributed by atoms with Crippen LogP contribution in [-0.4, -0.2) is 82.4 Å². The van der Waals surface area contributed by atoms with Crippen LogP contribution in [0.5, 0.6) is 0 Å². The number of amides is 3. The highest BCUT2D eigenvalue weighted by Gasteiger charge is 2.35. The second-order valence-electron chi connectivity index (χ2n) is 6.12. The molecule has 0 unspecified atom stereocenters. The van der Waals surface area contributed by atoms with E-state index < -0.39 is 6.04 Å². The fraction of sp³-hybridized carbons (Fsp3) is 0.667. The van der Waals surface area contributed by atoms with Gasteiger partial charge in [0.1, 0.15) is 11.9 Å². The molecule has 2 saturated heterocycles. The van der Waals surface area contributed by atoms with Gasteiger partial charge in [-0.3, -0.25) is 9.69 Å². The van der Waals surface area contributed by atoms with Gasteiger partial charge in [0, 0.05) is 45.6 Å². The van der Waals surface area contributed by atoms with Crippen LogP contribution in [0.15, 0.2) is 12.4 Å². The first-order valence-corrected chi connectivity index (χ1v) is 8.14. The summed E-state index contributed by atoms with van der Waals surface area (Å²) in [5.41, 5.74) is 0. The summed E-state index contributed by atoms with van der Waals surface area (Å²) >= 11 is 0. The quantitative estimate of drug-likeness (QED) is 0.823. The molecule has 3 rings (SSSR count). The van der Waals surface area contributed by atoms with Crippen LogP contribution < -0.4 is 5.32 Å². The summed E-state index contributed by atoms with van der Waals surface area (Å²) in [5.74, 6) is 0.870.